The Morgan fingerprint density at radius 3 is 2.55 bits per heavy atom. The zero-order valence-electron chi connectivity index (χ0n) is 11.7. The molecule has 0 aliphatic rings. The number of phenols is 1. The number of aromatic hydroxyl groups is 1. The number of benzene rings is 2. The van der Waals surface area contributed by atoms with Crippen molar-refractivity contribution < 1.29 is 5.11 Å². The molecule has 2 rings (SSSR count). The number of phenolic OH excluding ortho intramolecular Hbond substituents is 1. The molecule has 0 saturated carbocycles. The van der Waals surface area contributed by atoms with Crippen LogP contribution < -0.4 is 0 Å². The molecule has 0 fully saturated rings. The summed E-state index contributed by atoms with van der Waals surface area (Å²) in [6, 6.07) is 15.1. The topological polar surface area (TPSA) is 32.6 Å². The van der Waals surface area contributed by atoms with Gasteiger partial charge in [0.2, 0.25) is 0 Å². The molecule has 1 unspecified atom stereocenters. The van der Waals surface area contributed by atoms with E-state index in [-0.39, 0.29) is 11.8 Å². The maximum atomic E-state index is 10.1. The average Bonchev–Trinajstić information content (AvgIpc) is 2.48. The molecule has 0 amide bonds. The quantitative estimate of drug-likeness (QED) is 0.814. The van der Waals surface area contributed by atoms with E-state index in [1.54, 1.807) is 18.2 Å². The van der Waals surface area contributed by atoms with Crippen molar-refractivity contribution in [3.05, 3.63) is 64.7 Å². The molecule has 0 saturated heterocycles. The third-order valence-corrected chi connectivity index (χ3v) is 3.44. The predicted octanol–water partition coefficient (Wildman–Crippen LogP) is 4.68. The van der Waals surface area contributed by atoms with E-state index >= 15 is 0 Å². The molecule has 0 aliphatic heterocycles. The maximum Gasteiger partial charge on any atom is 0.125 e. The zero-order chi connectivity index (χ0) is 14.5. The SMILES string of the molecule is CCC(C)N=C(c1ccccc1)c1cc(Cl)ccc1O. The minimum absolute atomic E-state index is 0.184. The molecule has 0 bridgehead atoms. The Morgan fingerprint density at radius 2 is 1.90 bits per heavy atom. The van der Waals surface area contributed by atoms with Crippen LogP contribution in [0.1, 0.15) is 31.4 Å². The minimum Gasteiger partial charge on any atom is -0.507 e. The van der Waals surface area contributed by atoms with Crippen molar-refractivity contribution in [2.45, 2.75) is 26.3 Å². The van der Waals surface area contributed by atoms with Crippen molar-refractivity contribution in [1.29, 1.82) is 0 Å². The monoisotopic (exact) mass is 287 g/mol. The second kappa shape index (κ2) is 6.58. The van der Waals surface area contributed by atoms with E-state index in [1.807, 2.05) is 30.3 Å². The van der Waals surface area contributed by atoms with E-state index in [4.69, 9.17) is 16.6 Å². The fraction of sp³-hybridized carbons (Fsp3) is 0.235. The van der Waals surface area contributed by atoms with Crippen LogP contribution in [0.3, 0.4) is 0 Å². The molecule has 2 nitrogen and oxygen atoms in total. The number of halogens is 1. The Bertz CT molecular complexity index is 608. The van der Waals surface area contributed by atoms with Gasteiger partial charge in [0, 0.05) is 22.2 Å². The number of aliphatic imine (C=N–C) groups is 1. The lowest BCUT2D eigenvalue weighted by molar-refractivity contribution is 0.474. The van der Waals surface area contributed by atoms with Crippen LogP contribution in [-0.2, 0) is 0 Å². The van der Waals surface area contributed by atoms with Crippen LogP contribution in [0.5, 0.6) is 5.75 Å². The highest BCUT2D eigenvalue weighted by Crippen LogP contribution is 2.25. The highest BCUT2D eigenvalue weighted by Gasteiger charge is 2.13. The van der Waals surface area contributed by atoms with Gasteiger partial charge in [0.05, 0.1) is 5.71 Å². The van der Waals surface area contributed by atoms with Crippen LogP contribution in [0.4, 0.5) is 0 Å². The van der Waals surface area contributed by atoms with E-state index in [1.165, 1.54) is 0 Å². The summed E-state index contributed by atoms with van der Waals surface area (Å²) in [6.07, 6.45) is 0.942. The Kier molecular flexibility index (Phi) is 4.80. The largest absolute Gasteiger partial charge is 0.507 e. The molecule has 104 valence electrons. The maximum absolute atomic E-state index is 10.1. The Labute approximate surface area is 124 Å². The van der Waals surface area contributed by atoms with Crippen molar-refractivity contribution >= 4 is 17.3 Å². The molecule has 0 aromatic heterocycles. The summed E-state index contributed by atoms with van der Waals surface area (Å²) in [7, 11) is 0. The first-order valence-electron chi connectivity index (χ1n) is 6.74. The van der Waals surface area contributed by atoms with Crippen molar-refractivity contribution in [3.8, 4) is 5.75 Å². The Balaban J connectivity index is 2.58. The van der Waals surface area contributed by atoms with E-state index < -0.39 is 0 Å². The van der Waals surface area contributed by atoms with Gasteiger partial charge in [-0.25, -0.2) is 0 Å². The number of nitrogens with zero attached hydrogens (tertiary/aromatic N) is 1. The normalized spacial score (nSPS) is 13.2. The van der Waals surface area contributed by atoms with Gasteiger partial charge in [0.1, 0.15) is 5.75 Å². The highest BCUT2D eigenvalue weighted by atomic mass is 35.5. The molecule has 1 N–H and O–H groups in total. The van der Waals surface area contributed by atoms with Crippen LogP contribution in [0.2, 0.25) is 5.02 Å². The summed E-state index contributed by atoms with van der Waals surface area (Å²) < 4.78 is 0. The van der Waals surface area contributed by atoms with E-state index in [0.29, 0.717) is 10.6 Å². The van der Waals surface area contributed by atoms with Crippen LogP contribution in [0.25, 0.3) is 0 Å². The van der Waals surface area contributed by atoms with Gasteiger partial charge in [-0.3, -0.25) is 4.99 Å². The molecule has 3 heteroatoms. The van der Waals surface area contributed by atoms with Gasteiger partial charge in [-0.05, 0) is 31.5 Å². The van der Waals surface area contributed by atoms with Crippen molar-refractivity contribution in [3.63, 3.8) is 0 Å². The molecule has 0 spiro atoms. The molecule has 0 aliphatic carbocycles. The van der Waals surface area contributed by atoms with Crippen molar-refractivity contribution in [2.24, 2.45) is 4.99 Å². The van der Waals surface area contributed by atoms with Crippen LogP contribution >= 0.6 is 11.6 Å². The van der Waals surface area contributed by atoms with E-state index in [2.05, 4.69) is 13.8 Å². The smallest absolute Gasteiger partial charge is 0.125 e. The van der Waals surface area contributed by atoms with E-state index in [9.17, 15) is 5.11 Å². The van der Waals surface area contributed by atoms with Crippen LogP contribution in [-0.4, -0.2) is 16.9 Å². The summed E-state index contributed by atoms with van der Waals surface area (Å²) in [5.74, 6) is 0.195. The molecule has 0 heterocycles. The number of hydrogen-bond acceptors (Lipinski definition) is 2. The number of hydrogen-bond donors (Lipinski definition) is 1. The first-order chi connectivity index (χ1) is 9.61. The fourth-order valence-corrected chi connectivity index (χ4v) is 2.08. The standard InChI is InChI=1S/C17H18ClNO/c1-3-12(2)19-17(13-7-5-4-6-8-13)15-11-14(18)9-10-16(15)20/h4-12,20H,3H2,1-2H3. The lowest BCUT2D eigenvalue weighted by Crippen LogP contribution is -2.08. The zero-order valence-corrected chi connectivity index (χ0v) is 12.4. The lowest BCUT2D eigenvalue weighted by Gasteiger charge is -2.12. The van der Waals surface area contributed by atoms with Gasteiger partial charge in [0.25, 0.3) is 0 Å². The molecule has 0 radical (unpaired) electrons. The summed E-state index contributed by atoms with van der Waals surface area (Å²) in [5, 5.41) is 10.7. The Morgan fingerprint density at radius 1 is 1.20 bits per heavy atom. The predicted molar refractivity (Wildman–Crippen MR) is 85.0 cm³/mol. The molecule has 2 aromatic rings. The summed E-state index contributed by atoms with van der Waals surface area (Å²) >= 11 is 6.05. The molecule has 20 heavy (non-hydrogen) atoms. The second-order valence-corrected chi connectivity index (χ2v) is 5.20. The summed E-state index contributed by atoms with van der Waals surface area (Å²) in [4.78, 5) is 4.74. The third kappa shape index (κ3) is 3.40. The molecule has 2 aromatic carbocycles. The van der Waals surface area contributed by atoms with Gasteiger partial charge < -0.3 is 5.11 Å². The fourth-order valence-electron chi connectivity index (χ4n) is 1.91. The van der Waals surface area contributed by atoms with Crippen molar-refractivity contribution in [2.75, 3.05) is 0 Å². The van der Waals surface area contributed by atoms with E-state index in [0.717, 1.165) is 17.7 Å². The molecule has 1 atom stereocenters. The first kappa shape index (κ1) is 14.6. The van der Waals surface area contributed by atoms with Crippen LogP contribution in [0, 0.1) is 0 Å². The summed E-state index contributed by atoms with van der Waals surface area (Å²) in [5.41, 5.74) is 2.43. The van der Waals surface area contributed by atoms with Gasteiger partial charge in [-0.15, -0.1) is 0 Å². The second-order valence-electron chi connectivity index (χ2n) is 4.76. The number of rotatable bonds is 4. The third-order valence-electron chi connectivity index (χ3n) is 3.20. The molecular formula is C17H18ClNO. The lowest BCUT2D eigenvalue weighted by atomic mass is 10.0. The van der Waals surface area contributed by atoms with Gasteiger partial charge in [-0.1, -0.05) is 48.9 Å². The van der Waals surface area contributed by atoms with Crippen LogP contribution in [0.15, 0.2) is 53.5 Å². The van der Waals surface area contributed by atoms with Gasteiger partial charge >= 0.3 is 0 Å². The molecular weight excluding hydrogens is 270 g/mol. The van der Waals surface area contributed by atoms with Crippen molar-refractivity contribution in [1.82, 2.24) is 0 Å². The van der Waals surface area contributed by atoms with Gasteiger partial charge in [0.15, 0.2) is 0 Å². The van der Waals surface area contributed by atoms with Gasteiger partial charge in [-0.2, -0.15) is 0 Å². The first-order valence-corrected chi connectivity index (χ1v) is 7.11. The minimum atomic E-state index is 0.184. The average molecular weight is 288 g/mol. The highest BCUT2D eigenvalue weighted by molar-refractivity contribution is 6.31. The summed E-state index contributed by atoms with van der Waals surface area (Å²) in [6.45, 7) is 4.15. The Hall–Kier alpha value is -1.80.